The number of hydrogen-bond acceptors (Lipinski definition) is 27. The third kappa shape index (κ3) is 15.6. The molecule has 0 saturated heterocycles. The number of nitrogens with one attached hydrogen (secondary N) is 1. The Morgan fingerprint density at radius 3 is 2.05 bits per heavy atom. The number of aryl methyl sites for hydroxylation is 1. The minimum Gasteiger partial charge on any atom is -0.505 e. The van der Waals surface area contributed by atoms with E-state index in [1.54, 1.807) is 6.92 Å². The van der Waals surface area contributed by atoms with Crippen LogP contribution in [0.15, 0.2) is 88.6 Å². The van der Waals surface area contributed by atoms with Crippen LogP contribution < -0.4 is 10.1 Å². The summed E-state index contributed by atoms with van der Waals surface area (Å²) < 4.78 is 141. The first-order valence-electron chi connectivity index (χ1n) is 15.9. The standard InChI is InChI=1S/C29H27N5O22S7/c1-16-11-22(23(49-2)14-24(16)57-9-7-50-56-63(46,47)48)32-34-28-26(59-55-53-37)13-19-18(29(28)35)4-6-21(30-15-61(40,41)42)27(19)33-31-20-5-3-17(12-25(20)58-54-52-36)60(38,39)10-8-51-62(43,44)45/h3-6,11-14,30,35-37H,8,10,15H2,1-2H3,(H,40,41,42)(H,43,44,45)(H,46,47,48). The zero-order valence-electron chi connectivity index (χ0n) is 31.1. The van der Waals surface area contributed by atoms with Gasteiger partial charge in [-0.2, -0.15) is 25.3 Å². The molecule has 63 heavy (non-hydrogen) atoms. The number of benzene rings is 4. The Labute approximate surface area is 368 Å². The Bertz CT molecular complexity index is 2910. The van der Waals surface area contributed by atoms with Crippen LogP contribution in [-0.4, -0.2) is 88.3 Å². The molecular formula is C29H27N5O22S7. The highest BCUT2D eigenvalue weighted by molar-refractivity contribution is 8.04. The second-order valence-corrected chi connectivity index (χ2v) is 19.2. The van der Waals surface area contributed by atoms with E-state index in [9.17, 15) is 43.3 Å². The van der Waals surface area contributed by atoms with Crippen LogP contribution in [0.3, 0.4) is 0 Å². The summed E-state index contributed by atoms with van der Waals surface area (Å²) in [7, 11) is -17.5. The average Bonchev–Trinajstić information content (AvgIpc) is 3.19. The van der Waals surface area contributed by atoms with Crippen molar-refractivity contribution in [2.45, 2.75) is 26.5 Å². The largest absolute Gasteiger partial charge is 0.505 e. The summed E-state index contributed by atoms with van der Waals surface area (Å²) in [6.45, 7) is 0.686. The Kier molecular flexibility index (Phi) is 18.2. The molecule has 0 aliphatic heterocycles. The molecular weight excluding hydrogens is 995 g/mol. The van der Waals surface area contributed by atoms with Crippen LogP contribution in [0.25, 0.3) is 10.8 Å². The molecule has 27 nitrogen and oxygen atoms in total. The van der Waals surface area contributed by atoms with Gasteiger partial charge in [-0.05, 0) is 77.1 Å². The second-order valence-electron chi connectivity index (χ2n) is 11.3. The molecule has 0 aliphatic rings. The van der Waals surface area contributed by atoms with Crippen LogP contribution >= 0.6 is 35.8 Å². The lowest BCUT2D eigenvalue weighted by Gasteiger charge is -2.14. The predicted octanol–water partition coefficient (Wildman–Crippen LogP) is 6.16. The second kappa shape index (κ2) is 22.4. The fourth-order valence-corrected chi connectivity index (χ4v) is 8.23. The number of thioether (sulfide) groups is 1. The molecule has 34 heteroatoms. The number of ether oxygens (including phenoxy) is 1. The van der Waals surface area contributed by atoms with Crippen molar-refractivity contribution in [3.63, 3.8) is 0 Å². The van der Waals surface area contributed by atoms with Crippen molar-refractivity contribution in [2.24, 2.45) is 20.5 Å². The number of phenols is 1. The molecule has 4 rings (SSSR count). The van der Waals surface area contributed by atoms with Gasteiger partial charge in [-0.3, -0.25) is 18.5 Å². The molecule has 0 unspecified atom stereocenters. The van der Waals surface area contributed by atoms with Crippen molar-refractivity contribution in [3.05, 3.63) is 54.1 Å². The van der Waals surface area contributed by atoms with Gasteiger partial charge in [-0.25, -0.2) is 23.1 Å². The molecule has 0 saturated carbocycles. The summed E-state index contributed by atoms with van der Waals surface area (Å²) in [6, 6.07) is 9.83. The van der Waals surface area contributed by atoms with E-state index in [-0.39, 0.29) is 66.8 Å². The van der Waals surface area contributed by atoms with Gasteiger partial charge in [-0.1, -0.05) is 10.1 Å². The van der Waals surface area contributed by atoms with Gasteiger partial charge in [0.1, 0.15) is 34.4 Å². The number of azo groups is 2. The zero-order chi connectivity index (χ0) is 46.6. The number of nitrogens with zero attached hydrogens (tertiary/aromatic N) is 4. The lowest BCUT2D eigenvalue weighted by molar-refractivity contribution is -0.432. The maximum Gasteiger partial charge on any atom is 0.433 e. The highest BCUT2D eigenvalue weighted by Gasteiger charge is 2.22. The monoisotopic (exact) mass is 1020 g/mol. The van der Waals surface area contributed by atoms with E-state index in [1.807, 2.05) is 6.11 Å². The summed E-state index contributed by atoms with van der Waals surface area (Å²) >= 11 is 1.38. The van der Waals surface area contributed by atoms with E-state index < -0.39 is 69.6 Å². The molecule has 0 radical (unpaired) electrons. The predicted molar refractivity (Wildman–Crippen MR) is 216 cm³/mol. The van der Waals surface area contributed by atoms with Crippen LogP contribution in [0.1, 0.15) is 5.56 Å². The summed E-state index contributed by atoms with van der Waals surface area (Å²) in [4.78, 5) is 3.77. The molecule has 4 aromatic carbocycles. The quantitative estimate of drug-likeness (QED) is 0.00880. The number of anilines is 1. The SMILES string of the molecule is COc1cc(SC#COOS(=O)(=O)O)c(C)cc1N=Nc1c(SOOO)cc2c(N=Nc3ccc(S(=O)(=O)CCOS(=O)(=O)O)cc3SOOO)c(NCS(=O)(=O)O)ccc2c1O. The summed E-state index contributed by atoms with van der Waals surface area (Å²) in [6.07, 6.45) is 1.90. The van der Waals surface area contributed by atoms with Crippen molar-refractivity contribution in [2.75, 3.05) is 30.7 Å². The van der Waals surface area contributed by atoms with Crippen molar-refractivity contribution in [1.29, 1.82) is 0 Å². The molecule has 7 N–H and O–H groups in total. The first-order chi connectivity index (χ1) is 29.6. The van der Waals surface area contributed by atoms with Crippen LogP contribution in [0.2, 0.25) is 0 Å². The van der Waals surface area contributed by atoms with E-state index in [0.717, 1.165) is 30.0 Å². The number of methoxy groups -OCH3 is 1. The van der Waals surface area contributed by atoms with Crippen molar-refractivity contribution in [1.82, 2.24) is 0 Å². The normalized spacial score (nSPS) is 12.5. The number of sulfone groups is 1. The van der Waals surface area contributed by atoms with E-state index in [0.29, 0.717) is 22.5 Å². The summed E-state index contributed by atoms with van der Waals surface area (Å²) in [5.41, 5.74) is -0.238. The maximum atomic E-state index is 12.9. The van der Waals surface area contributed by atoms with Crippen molar-refractivity contribution in [3.8, 4) is 22.9 Å². The maximum absolute atomic E-state index is 12.9. The van der Waals surface area contributed by atoms with Crippen LogP contribution in [0, 0.1) is 18.3 Å². The van der Waals surface area contributed by atoms with Crippen LogP contribution in [0.5, 0.6) is 11.5 Å². The summed E-state index contributed by atoms with van der Waals surface area (Å²) in [5, 5.41) is 58.1. The van der Waals surface area contributed by atoms with Gasteiger partial charge >= 0.3 is 20.8 Å². The van der Waals surface area contributed by atoms with Gasteiger partial charge in [0.25, 0.3) is 10.1 Å². The molecule has 4 aromatic rings. The molecule has 0 atom stereocenters. The molecule has 0 aliphatic carbocycles. The first kappa shape index (κ1) is 51.1. The zero-order valence-corrected chi connectivity index (χ0v) is 36.8. The Balaban J connectivity index is 1.84. The van der Waals surface area contributed by atoms with Gasteiger partial charge in [-0.15, -0.1) is 29.1 Å². The topological polar surface area (TPSA) is 393 Å². The van der Waals surface area contributed by atoms with E-state index in [1.165, 1.54) is 37.4 Å². The lowest BCUT2D eigenvalue weighted by Crippen LogP contribution is -2.15. The number of phenolic OH excluding ortho intramolecular Hbond substituents is 1. The van der Waals surface area contributed by atoms with Crippen molar-refractivity contribution < 1.29 is 99.8 Å². The molecule has 0 aromatic heterocycles. The lowest BCUT2D eigenvalue weighted by atomic mass is 10.1. The smallest absolute Gasteiger partial charge is 0.433 e. The molecule has 0 amide bonds. The van der Waals surface area contributed by atoms with Gasteiger partial charge in [0, 0.05) is 20.9 Å². The minimum atomic E-state index is -4.96. The average molecular weight is 1020 g/mol. The number of fused-ring (bicyclic) bond motifs is 1. The van der Waals surface area contributed by atoms with Gasteiger partial charge in [0.2, 0.25) is 0 Å². The first-order valence-corrected chi connectivity index (χ1v) is 24.2. The van der Waals surface area contributed by atoms with Crippen LogP contribution in [-0.2, 0) is 72.9 Å². The van der Waals surface area contributed by atoms with E-state index in [4.69, 9.17) is 24.4 Å². The Morgan fingerprint density at radius 2 is 1.41 bits per heavy atom. The molecule has 0 heterocycles. The Morgan fingerprint density at radius 1 is 0.746 bits per heavy atom. The minimum absolute atomic E-state index is 0.0383. The van der Waals surface area contributed by atoms with Crippen LogP contribution in [0.4, 0.5) is 28.4 Å². The molecule has 0 bridgehead atoms. The van der Waals surface area contributed by atoms with Gasteiger partial charge in [0.15, 0.2) is 21.7 Å². The highest BCUT2D eigenvalue weighted by Crippen LogP contribution is 2.49. The van der Waals surface area contributed by atoms with E-state index >= 15 is 0 Å². The van der Waals surface area contributed by atoms with Gasteiger partial charge in [0.05, 0.1) is 63.9 Å². The third-order valence-corrected chi connectivity index (χ3v) is 12.2. The number of hydrogen-bond donors (Lipinski definition) is 7. The number of aromatic hydroxyl groups is 1. The molecule has 0 spiro atoms. The van der Waals surface area contributed by atoms with Gasteiger partial charge < -0.3 is 15.2 Å². The third-order valence-electron chi connectivity index (χ3n) is 7.19. The van der Waals surface area contributed by atoms with Crippen molar-refractivity contribution >= 4 is 116 Å². The highest BCUT2D eigenvalue weighted by atomic mass is 32.3. The molecule has 342 valence electrons. The summed E-state index contributed by atoms with van der Waals surface area (Å²) in [5.74, 6) is -2.46. The Hall–Kier alpha value is -4.49. The number of rotatable bonds is 22. The fraction of sp³-hybridized carbons (Fsp3) is 0.172. The fourth-order valence-electron chi connectivity index (χ4n) is 4.66. The molecule has 0 fully saturated rings. The van der Waals surface area contributed by atoms with E-state index in [2.05, 4.69) is 63.2 Å².